The van der Waals surface area contributed by atoms with E-state index < -0.39 is 0 Å². The highest BCUT2D eigenvalue weighted by Crippen LogP contribution is 2.20. The highest BCUT2D eigenvalue weighted by atomic mass is 16.5. The Morgan fingerprint density at radius 2 is 2.38 bits per heavy atom. The number of nitrogens with one attached hydrogen (secondary N) is 1. The second-order valence-electron chi connectivity index (χ2n) is 4.18. The topological polar surface area (TPSA) is 48.3 Å². The number of hydrogen-bond donors (Lipinski definition) is 1. The second kappa shape index (κ2) is 5.32. The van der Waals surface area contributed by atoms with Crippen LogP contribution in [0.1, 0.15) is 12.8 Å². The van der Waals surface area contributed by atoms with Crippen LogP contribution in [0.5, 0.6) is 5.75 Å². The van der Waals surface area contributed by atoms with Crippen LogP contribution in [0.3, 0.4) is 0 Å². The molecule has 5 nitrogen and oxygen atoms in total. The van der Waals surface area contributed by atoms with E-state index >= 15 is 0 Å². The molecule has 2 heterocycles. The molecule has 1 aromatic heterocycles. The van der Waals surface area contributed by atoms with Gasteiger partial charge in [-0.25, -0.2) is 0 Å². The van der Waals surface area contributed by atoms with E-state index in [1.54, 1.807) is 10.9 Å². The molecule has 90 valence electrons. The highest BCUT2D eigenvalue weighted by Gasteiger charge is 2.25. The van der Waals surface area contributed by atoms with Crippen molar-refractivity contribution >= 4 is 0 Å². The van der Waals surface area contributed by atoms with Gasteiger partial charge in [0.1, 0.15) is 6.61 Å². The van der Waals surface area contributed by atoms with E-state index in [1.807, 2.05) is 20.3 Å². The molecular weight excluding hydrogens is 206 g/mol. The van der Waals surface area contributed by atoms with E-state index in [-0.39, 0.29) is 6.10 Å². The van der Waals surface area contributed by atoms with Crippen molar-refractivity contribution in [2.45, 2.75) is 25.0 Å². The van der Waals surface area contributed by atoms with Gasteiger partial charge in [-0.1, -0.05) is 0 Å². The lowest BCUT2D eigenvalue weighted by molar-refractivity contribution is 0.0193. The molecule has 2 rings (SSSR count). The summed E-state index contributed by atoms with van der Waals surface area (Å²) in [6.07, 6.45) is 6.33. The van der Waals surface area contributed by atoms with Gasteiger partial charge in [0.05, 0.1) is 24.6 Å². The van der Waals surface area contributed by atoms with Gasteiger partial charge in [-0.3, -0.25) is 4.68 Å². The molecule has 0 spiro atoms. The maximum Gasteiger partial charge on any atom is 0.157 e. The number of ether oxygens (including phenoxy) is 2. The molecule has 0 amide bonds. The smallest absolute Gasteiger partial charge is 0.157 e. The quantitative estimate of drug-likeness (QED) is 0.795. The minimum atomic E-state index is 0.221. The highest BCUT2D eigenvalue weighted by molar-refractivity contribution is 5.11. The normalized spacial score (nSPS) is 24.9. The summed E-state index contributed by atoms with van der Waals surface area (Å²) in [5, 5.41) is 7.18. The third kappa shape index (κ3) is 2.96. The average Bonchev–Trinajstić information content (AvgIpc) is 2.85. The molecule has 1 aliphatic heterocycles. The van der Waals surface area contributed by atoms with Gasteiger partial charge in [0.2, 0.25) is 0 Å². The lowest BCUT2D eigenvalue weighted by atomic mass is 10.2. The zero-order valence-corrected chi connectivity index (χ0v) is 9.85. The van der Waals surface area contributed by atoms with E-state index in [4.69, 9.17) is 9.47 Å². The first kappa shape index (κ1) is 11.4. The molecule has 2 atom stereocenters. The zero-order chi connectivity index (χ0) is 11.4. The molecule has 0 aliphatic carbocycles. The Kier molecular flexibility index (Phi) is 3.79. The number of likely N-dealkylation sites (N-methyl/N-ethyl adjacent to an activating group) is 1. The predicted molar refractivity (Wildman–Crippen MR) is 60.5 cm³/mol. The van der Waals surface area contributed by atoms with Gasteiger partial charge in [-0.15, -0.1) is 0 Å². The SMILES string of the molecule is CNCC1CCC(COc2cnn(C)c2)O1. The molecule has 1 saturated heterocycles. The lowest BCUT2D eigenvalue weighted by Crippen LogP contribution is -2.25. The van der Waals surface area contributed by atoms with Crippen molar-refractivity contribution < 1.29 is 9.47 Å². The Morgan fingerprint density at radius 3 is 3.06 bits per heavy atom. The number of hydrogen-bond acceptors (Lipinski definition) is 4. The summed E-state index contributed by atoms with van der Waals surface area (Å²) < 4.78 is 13.2. The molecule has 0 radical (unpaired) electrons. The first-order valence-corrected chi connectivity index (χ1v) is 5.69. The average molecular weight is 225 g/mol. The van der Waals surface area contributed by atoms with Gasteiger partial charge < -0.3 is 14.8 Å². The molecule has 2 unspecified atom stereocenters. The Bertz CT molecular complexity index is 327. The fourth-order valence-corrected chi connectivity index (χ4v) is 1.94. The first-order chi connectivity index (χ1) is 7.78. The second-order valence-corrected chi connectivity index (χ2v) is 4.18. The fourth-order valence-electron chi connectivity index (χ4n) is 1.94. The Balaban J connectivity index is 1.71. The first-order valence-electron chi connectivity index (χ1n) is 5.69. The molecule has 1 fully saturated rings. The molecule has 0 bridgehead atoms. The molecule has 1 N–H and O–H groups in total. The fraction of sp³-hybridized carbons (Fsp3) is 0.727. The van der Waals surface area contributed by atoms with Crippen molar-refractivity contribution in [2.75, 3.05) is 20.2 Å². The third-order valence-corrected chi connectivity index (χ3v) is 2.74. The van der Waals surface area contributed by atoms with Crippen LogP contribution in [0.15, 0.2) is 12.4 Å². The van der Waals surface area contributed by atoms with Gasteiger partial charge in [0, 0.05) is 13.6 Å². The van der Waals surface area contributed by atoms with Crippen LogP contribution in [-0.2, 0) is 11.8 Å². The minimum absolute atomic E-state index is 0.221. The molecule has 0 saturated carbocycles. The predicted octanol–water partition coefficient (Wildman–Crippen LogP) is 0.566. The third-order valence-electron chi connectivity index (χ3n) is 2.74. The Hall–Kier alpha value is -1.07. The van der Waals surface area contributed by atoms with E-state index in [1.165, 1.54) is 0 Å². The number of aromatic nitrogens is 2. The van der Waals surface area contributed by atoms with Crippen LogP contribution >= 0.6 is 0 Å². The molecule has 16 heavy (non-hydrogen) atoms. The number of aryl methyl sites for hydroxylation is 1. The minimum Gasteiger partial charge on any atom is -0.488 e. The Morgan fingerprint density at radius 1 is 1.56 bits per heavy atom. The van der Waals surface area contributed by atoms with Crippen molar-refractivity contribution in [3.8, 4) is 5.75 Å². The summed E-state index contributed by atoms with van der Waals surface area (Å²) in [4.78, 5) is 0. The molecule has 1 aliphatic rings. The van der Waals surface area contributed by atoms with Crippen LogP contribution in [0.25, 0.3) is 0 Å². The van der Waals surface area contributed by atoms with E-state index in [0.29, 0.717) is 12.7 Å². The summed E-state index contributed by atoms with van der Waals surface area (Å²) in [5.41, 5.74) is 0. The van der Waals surface area contributed by atoms with Crippen LogP contribution < -0.4 is 10.1 Å². The van der Waals surface area contributed by atoms with Crippen molar-refractivity contribution in [3.05, 3.63) is 12.4 Å². The summed E-state index contributed by atoms with van der Waals surface area (Å²) in [6, 6.07) is 0. The summed E-state index contributed by atoms with van der Waals surface area (Å²) in [7, 11) is 3.82. The number of nitrogens with zero attached hydrogens (tertiary/aromatic N) is 2. The Labute approximate surface area is 95.7 Å². The molecular formula is C11H19N3O2. The standard InChI is InChI=1S/C11H19N3O2/c1-12-5-9-3-4-10(16-9)8-15-11-6-13-14(2)7-11/h6-7,9-10,12H,3-5,8H2,1-2H3. The van der Waals surface area contributed by atoms with Crippen molar-refractivity contribution in [2.24, 2.45) is 7.05 Å². The summed E-state index contributed by atoms with van der Waals surface area (Å²) in [5.74, 6) is 0.808. The van der Waals surface area contributed by atoms with Crippen molar-refractivity contribution in [1.82, 2.24) is 15.1 Å². The van der Waals surface area contributed by atoms with E-state index in [9.17, 15) is 0 Å². The zero-order valence-electron chi connectivity index (χ0n) is 9.85. The molecule has 5 heteroatoms. The van der Waals surface area contributed by atoms with E-state index in [0.717, 1.165) is 25.1 Å². The van der Waals surface area contributed by atoms with Crippen molar-refractivity contribution in [1.29, 1.82) is 0 Å². The van der Waals surface area contributed by atoms with Gasteiger partial charge in [0.25, 0.3) is 0 Å². The summed E-state index contributed by atoms with van der Waals surface area (Å²) >= 11 is 0. The molecule has 0 aromatic carbocycles. The summed E-state index contributed by atoms with van der Waals surface area (Å²) in [6.45, 7) is 1.54. The van der Waals surface area contributed by atoms with Gasteiger partial charge >= 0.3 is 0 Å². The van der Waals surface area contributed by atoms with Crippen LogP contribution in [0.2, 0.25) is 0 Å². The van der Waals surface area contributed by atoms with Gasteiger partial charge in [-0.2, -0.15) is 5.10 Å². The monoisotopic (exact) mass is 225 g/mol. The van der Waals surface area contributed by atoms with Crippen LogP contribution in [0.4, 0.5) is 0 Å². The van der Waals surface area contributed by atoms with E-state index in [2.05, 4.69) is 10.4 Å². The van der Waals surface area contributed by atoms with Crippen LogP contribution in [-0.4, -0.2) is 42.2 Å². The maximum absolute atomic E-state index is 5.82. The van der Waals surface area contributed by atoms with Gasteiger partial charge in [-0.05, 0) is 19.9 Å². The molecule has 1 aromatic rings. The van der Waals surface area contributed by atoms with Crippen LogP contribution in [0, 0.1) is 0 Å². The largest absolute Gasteiger partial charge is 0.488 e. The van der Waals surface area contributed by atoms with Gasteiger partial charge in [0.15, 0.2) is 5.75 Å². The van der Waals surface area contributed by atoms with Crippen molar-refractivity contribution in [3.63, 3.8) is 0 Å². The maximum atomic E-state index is 5.82. The number of rotatable bonds is 5. The lowest BCUT2D eigenvalue weighted by Gasteiger charge is -2.13.